The van der Waals surface area contributed by atoms with Gasteiger partial charge in [-0.25, -0.2) is 4.79 Å². The molecule has 1 unspecified atom stereocenters. The molecule has 1 aliphatic rings. The van der Waals surface area contributed by atoms with E-state index in [0.29, 0.717) is 11.5 Å². The lowest BCUT2D eigenvalue weighted by Crippen LogP contribution is -2.38. The van der Waals surface area contributed by atoms with Crippen LogP contribution in [0.25, 0.3) is 10.8 Å². The van der Waals surface area contributed by atoms with Crippen molar-refractivity contribution in [3.63, 3.8) is 0 Å². The molecule has 0 saturated carbocycles. The molecule has 0 aliphatic carbocycles. The Morgan fingerprint density at radius 3 is 2.65 bits per heavy atom. The van der Waals surface area contributed by atoms with Crippen LogP contribution in [0.5, 0.6) is 0 Å². The molecular weight excluding hydrogens is 420 g/mol. The van der Waals surface area contributed by atoms with Gasteiger partial charge in [-0.15, -0.1) is 0 Å². The molecule has 2 N–H and O–H groups in total. The van der Waals surface area contributed by atoms with Crippen molar-refractivity contribution in [2.45, 2.75) is 26.3 Å². The maximum Gasteiger partial charge on any atom is 0.336 e. The number of nitrogens with one attached hydrogen (secondary N) is 1. The zero-order chi connectivity index (χ0) is 23.7. The molecule has 0 amide bonds. The van der Waals surface area contributed by atoms with Gasteiger partial charge in [0.2, 0.25) is 0 Å². The van der Waals surface area contributed by atoms with Crippen molar-refractivity contribution in [1.29, 1.82) is 0 Å². The van der Waals surface area contributed by atoms with E-state index in [4.69, 9.17) is 0 Å². The van der Waals surface area contributed by atoms with Crippen molar-refractivity contribution in [3.8, 4) is 0 Å². The standard InChI is InChI=1S/C30H30N2O2/c1-20-14-15-25(17-28(20)30(33)34)32-19-22(16-24-9-4-6-13-29(24)32)18-31-21(2)26-12-7-10-23-8-3-5-11-27(23)26/h3-15,17,21-22,31H,16,18-19H2,1-2H3,(H,33,34)/t21-,22?/m1/s1. The summed E-state index contributed by atoms with van der Waals surface area (Å²) in [5.74, 6) is -0.478. The van der Waals surface area contributed by atoms with Gasteiger partial charge in [0.25, 0.3) is 0 Å². The van der Waals surface area contributed by atoms with Gasteiger partial charge in [-0.3, -0.25) is 0 Å². The highest BCUT2D eigenvalue weighted by Crippen LogP contribution is 2.36. The highest BCUT2D eigenvalue weighted by atomic mass is 16.4. The maximum atomic E-state index is 11.7. The number of para-hydroxylation sites is 1. The molecule has 4 heteroatoms. The van der Waals surface area contributed by atoms with Gasteiger partial charge in [-0.05, 0) is 71.8 Å². The number of nitrogens with zero attached hydrogens (tertiary/aromatic N) is 1. The van der Waals surface area contributed by atoms with Crippen LogP contribution < -0.4 is 10.2 Å². The summed E-state index contributed by atoms with van der Waals surface area (Å²) in [5, 5.41) is 16.0. The number of carboxylic acids is 1. The lowest BCUT2D eigenvalue weighted by molar-refractivity contribution is 0.0696. The fourth-order valence-electron chi connectivity index (χ4n) is 5.15. The van der Waals surface area contributed by atoms with Crippen molar-refractivity contribution in [3.05, 3.63) is 107 Å². The van der Waals surface area contributed by atoms with E-state index in [-0.39, 0.29) is 6.04 Å². The number of rotatable bonds is 6. The first kappa shape index (κ1) is 22.2. The Bertz CT molecular complexity index is 1340. The van der Waals surface area contributed by atoms with Gasteiger partial charge in [-0.1, -0.05) is 66.7 Å². The molecule has 0 spiro atoms. The molecule has 34 heavy (non-hydrogen) atoms. The average molecular weight is 451 g/mol. The average Bonchev–Trinajstić information content (AvgIpc) is 2.86. The Kier molecular flexibility index (Phi) is 6.08. The number of hydrogen-bond donors (Lipinski definition) is 2. The molecule has 0 radical (unpaired) electrons. The zero-order valence-corrected chi connectivity index (χ0v) is 19.7. The number of aryl methyl sites for hydroxylation is 1. The highest BCUT2D eigenvalue weighted by molar-refractivity contribution is 5.91. The lowest BCUT2D eigenvalue weighted by atomic mass is 9.91. The highest BCUT2D eigenvalue weighted by Gasteiger charge is 2.26. The Hall–Kier alpha value is -3.63. The summed E-state index contributed by atoms with van der Waals surface area (Å²) >= 11 is 0. The van der Waals surface area contributed by atoms with E-state index in [9.17, 15) is 9.90 Å². The van der Waals surface area contributed by atoms with Gasteiger partial charge in [0.1, 0.15) is 0 Å². The number of benzene rings is 4. The summed E-state index contributed by atoms with van der Waals surface area (Å²) in [6.07, 6.45) is 1.000. The second kappa shape index (κ2) is 9.32. The summed E-state index contributed by atoms with van der Waals surface area (Å²) in [6.45, 7) is 5.80. The molecule has 2 atom stereocenters. The lowest BCUT2D eigenvalue weighted by Gasteiger charge is -2.37. The van der Waals surface area contributed by atoms with Gasteiger partial charge in [0.05, 0.1) is 5.56 Å². The Morgan fingerprint density at radius 1 is 1.03 bits per heavy atom. The van der Waals surface area contributed by atoms with Crippen LogP contribution >= 0.6 is 0 Å². The van der Waals surface area contributed by atoms with E-state index in [0.717, 1.165) is 30.8 Å². The summed E-state index contributed by atoms with van der Waals surface area (Å²) < 4.78 is 0. The SMILES string of the molecule is Cc1ccc(N2CC(CN[C@H](C)c3cccc4ccccc34)Cc3ccccc32)cc1C(=O)O. The van der Waals surface area contributed by atoms with E-state index in [2.05, 4.69) is 83.9 Å². The first-order chi connectivity index (χ1) is 16.5. The van der Waals surface area contributed by atoms with Crippen molar-refractivity contribution in [2.24, 2.45) is 5.92 Å². The molecular formula is C30H30N2O2. The number of fused-ring (bicyclic) bond motifs is 2. The zero-order valence-electron chi connectivity index (χ0n) is 19.7. The third-order valence-electron chi connectivity index (χ3n) is 7.00. The number of aromatic carboxylic acids is 1. The molecule has 0 bridgehead atoms. The Balaban J connectivity index is 1.39. The number of carbonyl (C=O) groups is 1. The molecule has 4 nitrogen and oxygen atoms in total. The van der Waals surface area contributed by atoms with E-state index >= 15 is 0 Å². The van der Waals surface area contributed by atoms with Crippen LogP contribution in [0.15, 0.2) is 84.9 Å². The van der Waals surface area contributed by atoms with Crippen molar-refractivity contribution in [2.75, 3.05) is 18.0 Å². The van der Waals surface area contributed by atoms with E-state index < -0.39 is 5.97 Å². The molecule has 172 valence electrons. The van der Waals surface area contributed by atoms with Gasteiger partial charge in [-0.2, -0.15) is 0 Å². The monoisotopic (exact) mass is 450 g/mol. The molecule has 1 heterocycles. The maximum absolute atomic E-state index is 11.7. The fraction of sp³-hybridized carbons (Fsp3) is 0.233. The van der Waals surface area contributed by atoms with E-state index in [1.807, 2.05) is 25.1 Å². The van der Waals surface area contributed by atoms with Crippen LogP contribution in [0.4, 0.5) is 11.4 Å². The van der Waals surface area contributed by atoms with Crippen LogP contribution in [0, 0.1) is 12.8 Å². The van der Waals surface area contributed by atoms with E-state index in [1.165, 1.54) is 27.6 Å². The minimum atomic E-state index is -0.883. The topological polar surface area (TPSA) is 52.6 Å². The first-order valence-corrected chi connectivity index (χ1v) is 11.9. The predicted molar refractivity (Wildman–Crippen MR) is 139 cm³/mol. The molecule has 5 rings (SSSR count). The third kappa shape index (κ3) is 4.29. The predicted octanol–water partition coefficient (Wildman–Crippen LogP) is 6.51. The first-order valence-electron chi connectivity index (χ1n) is 11.9. The van der Waals surface area contributed by atoms with Gasteiger partial charge in [0, 0.05) is 30.5 Å². The van der Waals surface area contributed by atoms with Crippen molar-refractivity contribution >= 4 is 28.1 Å². The molecule has 4 aromatic rings. The van der Waals surface area contributed by atoms with Crippen molar-refractivity contribution in [1.82, 2.24) is 5.32 Å². The minimum absolute atomic E-state index is 0.231. The number of anilines is 2. The Morgan fingerprint density at radius 2 is 1.79 bits per heavy atom. The molecule has 0 aromatic heterocycles. The van der Waals surface area contributed by atoms with Crippen LogP contribution in [0.1, 0.15) is 40.0 Å². The quantitative estimate of drug-likeness (QED) is 0.352. The van der Waals surface area contributed by atoms with Crippen LogP contribution in [0.2, 0.25) is 0 Å². The van der Waals surface area contributed by atoms with Gasteiger partial charge in [0.15, 0.2) is 0 Å². The smallest absolute Gasteiger partial charge is 0.336 e. The summed E-state index contributed by atoms with van der Waals surface area (Å²) in [6, 6.07) is 29.5. The number of hydrogen-bond acceptors (Lipinski definition) is 3. The molecule has 4 aromatic carbocycles. The summed E-state index contributed by atoms with van der Waals surface area (Å²) in [7, 11) is 0. The largest absolute Gasteiger partial charge is 0.478 e. The third-order valence-corrected chi connectivity index (χ3v) is 7.00. The number of carboxylic acid groups (broad SMARTS) is 1. The molecule has 0 fully saturated rings. The normalized spacial score (nSPS) is 16.3. The minimum Gasteiger partial charge on any atom is -0.478 e. The Labute approximate surface area is 200 Å². The van der Waals surface area contributed by atoms with Crippen LogP contribution in [-0.4, -0.2) is 24.2 Å². The van der Waals surface area contributed by atoms with Crippen LogP contribution in [-0.2, 0) is 6.42 Å². The summed E-state index contributed by atoms with van der Waals surface area (Å²) in [4.78, 5) is 14.0. The molecule has 0 saturated heterocycles. The van der Waals surface area contributed by atoms with Gasteiger partial charge < -0.3 is 15.3 Å². The second-order valence-electron chi connectivity index (χ2n) is 9.31. The van der Waals surface area contributed by atoms with Crippen LogP contribution in [0.3, 0.4) is 0 Å². The fourth-order valence-corrected chi connectivity index (χ4v) is 5.15. The van der Waals surface area contributed by atoms with Crippen molar-refractivity contribution < 1.29 is 9.90 Å². The summed E-state index contributed by atoms with van der Waals surface area (Å²) in [5.41, 5.74) is 5.86. The second-order valence-corrected chi connectivity index (χ2v) is 9.31. The molecule has 1 aliphatic heterocycles. The van der Waals surface area contributed by atoms with Gasteiger partial charge >= 0.3 is 5.97 Å². The van der Waals surface area contributed by atoms with E-state index in [1.54, 1.807) is 0 Å².